The maximum Gasteiger partial charge on any atom is 0.277 e. The molecule has 0 unspecified atom stereocenters. The van der Waals surface area contributed by atoms with Crippen molar-refractivity contribution in [2.24, 2.45) is 0 Å². The van der Waals surface area contributed by atoms with E-state index in [1.54, 1.807) is 7.11 Å². The smallest absolute Gasteiger partial charge is 0.277 e. The lowest BCUT2D eigenvalue weighted by molar-refractivity contribution is -0.119. The van der Waals surface area contributed by atoms with E-state index in [2.05, 4.69) is 15.5 Å². The summed E-state index contributed by atoms with van der Waals surface area (Å²) in [6, 6.07) is 7.80. The molecule has 118 valence electrons. The number of carbonyl (C=O) groups excluding carboxylic acids is 1. The number of rotatable bonds is 7. The van der Waals surface area contributed by atoms with E-state index in [1.807, 2.05) is 38.1 Å². The standard InChI is InChI=1S/C15H19N3O3S/c1-10-5-4-6-12(7-10)14-17-18-15(21-14)22-9-13(19)16-11(2)8-20-3/h4-7,11H,8-9H2,1-3H3,(H,16,19)/t11-/m0/s1. The number of hydrogen-bond donors (Lipinski definition) is 1. The zero-order valence-electron chi connectivity index (χ0n) is 12.8. The molecule has 1 atom stereocenters. The highest BCUT2D eigenvalue weighted by molar-refractivity contribution is 7.99. The van der Waals surface area contributed by atoms with Crippen molar-refractivity contribution in [3.63, 3.8) is 0 Å². The first-order valence-corrected chi connectivity index (χ1v) is 7.88. The van der Waals surface area contributed by atoms with Crippen molar-refractivity contribution in [2.75, 3.05) is 19.5 Å². The number of nitrogens with zero attached hydrogens (tertiary/aromatic N) is 2. The molecular weight excluding hydrogens is 302 g/mol. The zero-order chi connectivity index (χ0) is 15.9. The molecule has 6 nitrogen and oxygen atoms in total. The number of carbonyl (C=O) groups is 1. The molecule has 0 aliphatic carbocycles. The van der Waals surface area contributed by atoms with E-state index in [0.29, 0.717) is 17.7 Å². The van der Waals surface area contributed by atoms with Gasteiger partial charge in [0.25, 0.3) is 5.22 Å². The van der Waals surface area contributed by atoms with Gasteiger partial charge in [-0.05, 0) is 26.0 Å². The Labute approximate surface area is 133 Å². The molecule has 1 amide bonds. The number of amides is 1. The number of thioether (sulfide) groups is 1. The second-order valence-electron chi connectivity index (χ2n) is 4.96. The van der Waals surface area contributed by atoms with E-state index >= 15 is 0 Å². The molecule has 1 aromatic heterocycles. The highest BCUT2D eigenvalue weighted by Gasteiger charge is 2.12. The third-order valence-corrected chi connectivity index (χ3v) is 3.64. The number of nitrogens with one attached hydrogen (secondary N) is 1. The van der Waals surface area contributed by atoms with E-state index in [4.69, 9.17) is 9.15 Å². The Kier molecular flexibility index (Phi) is 5.97. The van der Waals surface area contributed by atoms with Crippen LogP contribution in [0.1, 0.15) is 12.5 Å². The molecule has 22 heavy (non-hydrogen) atoms. The van der Waals surface area contributed by atoms with Crippen molar-refractivity contribution >= 4 is 17.7 Å². The lowest BCUT2D eigenvalue weighted by Crippen LogP contribution is -2.36. The number of aromatic nitrogens is 2. The Hall–Kier alpha value is -1.86. The highest BCUT2D eigenvalue weighted by Crippen LogP contribution is 2.23. The van der Waals surface area contributed by atoms with Crippen LogP contribution >= 0.6 is 11.8 Å². The number of aryl methyl sites for hydroxylation is 1. The van der Waals surface area contributed by atoms with Gasteiger partial charge in [-0.2, -0.15) is 0 Å². The molecule has 1 heterocycles. The van der Waals surface area contributed by atoms with E-state index in [1.165, 1.54) is 11.8 Å². The summed E-state index contributed by atoms with van der Waals surface area (Å²) in [7, 11) is 1.60. The van der Waals surface area contributed by atoms with Gasteiger partial charge in [-0.15, -0.1) is 10.2 Å². The maximum atomic E-state index is 11.7. The molecule has 7 heteroatoms. The average molecular weight is 321 g/mol. The molecule has 0 aliphatic heterocycles. The summed E-state index contributed by atoms with van der Waals surface area (Å²) in [6.45, 7) is 4.37. The summed E-state index contributed by atoms with van der Waals surface area (Å²) in [6.07, 6.45) is 0. The SMILES string of the molecule is COC[C@H](C)NC(=O)CSc1nnc(-c2cccc(C)c2)o1. The lowest BCUT2D eigenvalue weighted by atomic mass is 10.1. The summed E-state index contributed by atoms with van der Waals surface area (Å²) in [4.78, 5) is 11.7. The molecule has 1 N–H and O–H groups in total. The third kappa shape index (κ3) is 4.85. The van der Waals surface area contributed by atoms with Crippen molar-refractivity contribution in [1.29, 1.82) is 0 Å². The van der Waals surface area contributed by atoms with Crippen LogP contribution in [0, 0.1) is 6.92 Å². The first-order valence-electron chi connectivity index (χ1n) is 6.90. The van der Waals surface area contributed by atoms with Crippen molar-refractivity contribution in [3.05, 3.63) is 29.8 Å². The molecule has 0 aliphatic rings. The summed E-state index contributed by atoms with van der Waals surface area (Å²) < 4.78 is 10.5. The van der Waals surface area contributed by atoms with E-state index in [-0.39, 0.29) is 17.7 Å². The predicted molar refractivity (Wildman–Crippen MR) is 84.7 cm³/mol. The average Bonchev–Trinajstić information content (AvgIpc) is 2.94. The van der Waals surface area contributed by atoms with Crippen LogP contribution in [0.4, 0.5) is 0 Å². The Bertz CT molecular complexity index is 630. The molecule has 0 fully saturated rings. The lowest BCUT2D eigenvalue weighted by Gasteiger charge is -2.11. The fourth-order valence-electron chi connectivity index (χ4n) is 1.90. The molecule has 0 saturated heterocycles. The van der Waals surface area contributed by atoms with Crippen molar-refractivity contribution in [1.82, 2.24) is 15.5 Å². The van der Waals surface area contributed by atoms with Crippen LogP contribution in [0.2, 0.25) is 0 Å². The Morgan fingerprint density at radius 1 is 1.45 bits per heavy atom. The van der Waals surface area contributed by atoms with Crippen LogP contribution in [0.25, 0.3) is 11.5 Å². The molecule has 0 saturated carbocycles. The Morgan fingerprint density at radius 2 is 2.27 bits per heavy atom. The monoisotopic (exact) mass is 321 g/mol. The molecular formula is C15H19N3O3S. The molecule has 0 bridgehead atoms. The first-order chi connectivity index (χ1) is 10.6. The van der Waals surface area contributed by atoms with Gasteiger partial charge in [0.2, 0.25) is 11.8 Å². The van der Waals surface area contributed by atoms with Crippen LogP contribution in [0.5, 0.6) is 0 Å². The van der Waals surface area contributed by atoms with Gasteiger partial charge >= 0.3 is 0 Å². The van der Waals surface area contributed by atoms with E-state index in [9.17, 15) is 4.79 Å². The van der Waals surface area contributed by atoms with Gasteiger partial charge in [0.15, 0.2) is 0 Å². The van der Waals surface area contributed by atoms with Crippen LogP contribution < -0.4 is 5.32 Å². The second-order valence-corrected chi connectivity index (χ2v) is 5.88. The highest BCUT2D eigenvalue weighted by atomic mass is 32.2. The molecule has 1 aromatic carbocycles. The molecule has 2 rings (SSSR count). The van der Waals surface area contributed by atoms with Crippen LogP contribution in [0.3, 0.4) is 0 Å². The summed E-state index contributed by atoms with van der Waals surface area (Å²) in [5, 5.41) is 11.2. The molecule has 2 aromatic rings. The Balaban J connectivity index is 1.88. The zero-order valence-corrected chi connectivity index (χ0v) is 13.6. The van der Waals surface area contributed by atoms with Gasteiger partial charge < -0.3 is 14.5 Å². The van der Waals surface area contributed by atoms with E-state index < -0.39 is 0 Å². The number of ether oxygens (including phenoxy) is 1. The topological polar surface area (TPSA) is 77.2 Å². The minimum Gasteiger partial charge on any atom is -0.411 e. The summed E-state index contributed by atoms with van der Waals surface area (Å²) in [5.74, 6) is 0.591. The predicted octanol–water partition coefficient (Wildman–Crippen LogP) is 2.29. The van der Waals surface area contributed by atoms with E-state index in [0.717, 1.165) is 11.1 Å². The van der Waals surface area contributed by atoms with Crippen LogP contribution in [0.15, 0.2) is 33.9 Å². The van der Waals surface area contributed by atoms with Crippen molar-refractivity contribution in [2.45, 2.75) is 25.1 Å². The third-order valence-electron chi connectivity index (χ3n) is 2.82. The Morgan fingerprint density at radius 3 is 3.00 bits per heavy atom. The number of hydrogen-bond acceptors (Lipinski definition) is 6. The summed E-state index contributed by atoms with van der Waals surface area (Å²) >= 11 is 1.22. The van der Waals surface area contributed by atoms with Crippen LogP contribution in [-0.2, 0) is 9.53 Å². The maximum absolute atomic E-state index is 11.7. The second kappa shape index (κ2) is 7.95. The van der Waals surface area contributed by atoms with Crippen LogP contribution in [-0.4, -0.2) is 41.6 Å². The van der Waals surface area contributed by atoms with Gasteiger partial charge in [0, 0.05) is 18.7 Å². The quantitative estimate of drug-likeness (QED) is 0.788. The normalized spacial score (nSPS) is 12.1. The van der Waals surface area contributed by atoms with Gasteiger partial charge in [-0.3, -0.25) is 4.79 Å². The van der Waals surface area contributed by atoms with Crippen molar-refractivity contribution in [3.8, 4) is 11.5 Å². The minimum absolute atomic E-state index is 0.0244. The van der Waals surface area contributed by atoms with Gasteiger partial charge in [-0.25, -0.2) is 0 Å². The van der Waals surface area contributed by atoms with Crippen molar-refractivity contribution < 1.29 is 13.9 Å². The number of methoxy groups -OCH3 is 1. The molecule has 0 radical (unpaired) electrons. The number of benzene rings is 1. The summed E-state index contributed by atoms with van der Waals surface area (Å²) in [5.41, 5.74) is 1.99. The molecule has 0 spiro atoms. The van der Waals surface area contributed by atoms with Gasteiger partial charge in [0.05, 0.1) is 12.4 Å². The largest absolute Gasteiger partial charge is 0.411 e. The minimum atomic E-state index is -0.0927. The fourth-order valence-corrected chi connectivity index (χ4v) is 2.47. The van der Waals surface area contributed by atoms with Gasteiger partial charge in [-0.1, -0.05) is 29.5 Å². The van der Waals surface area contributed by atoms with Gasteiger partial charge in [0.1, 0.15) is 0 Å². The first kappa shape index (κ1) is 16.5. The fraction of sp³-hybridized carbons (Fsp3) is 0.400.